The number of ether oxygens (including phenoxy) is 1. The van der Waals surface area contributed by atoms with Crippen LogP contribution in [0.4, 0.5) is 0 Å². The van der Waals surface area contributed by atoms with E-state index in [1.807, 2.05) is 32.3 Å². The van der Waals surface area contributed by atoms with Crippen molar-refractivity contribution in [3.05, 3.63) is 28.8 Å². The zero-order valence-corrected chi connectivity index (χ0v) is 19.5. The lowest BCUT2D eigenvalue weighted by Crippen LogP contribution is -2.43. The van der Waals surface area contributed by atoms with Crippen LogP contribution in [0.5, 0.6) is 5.75 Å². The number of nitrogens with one attached hydrogen (secondary N) is 2. The molecule has 7 nitrogen and oxygen atoms in total. The Morgan fingerprint density at radius 2 is 2.17 bits per heavy atom. The second-order valence-electron chi connectivity index (χ2n) is 7.67. The fourth-order valence-corrected chi connectivity index (χ4v) is 3.92. The van der Waals surface area contributed by atoms with Gasteiger partial charge in [0.15, 0.2) is 5.96 Å². The van der Waals surface area contributed by atoms with Gasteiger partial charge in [-0.25, -0.2) is 0 Å². The molecule has 1 aliphatic rings. The molecule has 1 aromatic carbocycles. The molecule has 1 unspecified atom stereocenters. The van der Waals surface area contributed by atoms with Crippen molar-refractivity contribution in [3.8, 4) is 5.75 Å². The van der Waals surface area contributed by atoms with E-state index in [1.54, 1.807) is 12.0 Å². The highest BCUT2D eigenvalue weighted by molar-refractivity contribution is 6.31. The van der Waals surface area contributed by atoms with E-state index in [9.17, 15) is 4.79 Å². The molecule has 2 N–H and O–H groups in total. The summed E-state index contributed by atoms with van der Waals surface area (Å²) in [7, 11) is 5.29. The predicted octanol–water partition coefficient (Wildman–Crippen LogP) is 2.39. The number of aliphatic imine (C=N–C) groups is 1. The van der Waals surface area contributed by atoms with E-state index in [1.165, 1.54) is 0 Å². The monoisotopic (exact) mass is 437 g/mol. The fraction of sp³-hybridized carbons (Fsp3) is 0.636. The van der Waals surface area contributed by atoms with Crippen LogP contribution in [-0.4, -0.2) is 81.6 Å². The molecule has 0 spiro atoms. The van der Waals surface area contributed by atoms with Gasteiger partial charge in [-0.1, -0.05) is 17.7 Å². The summed E-state index contributed by atoms with van der Waals surface area (Å²) < 4.78 is 5.19. The van der Waals surface area contributed by atoms with Crippen molar-refractivity contribution >= 4 is 23.5 Å². The molecule has 1 atom stereocenters. The molecule has 0 saturated carbocycles. The molecule has 8 heteroatoms. The van der Waals surface area contributed by atoms with Crippen LogP contribution < -0.4 is 15.4 Å². The van der Waals surface area contributed by atoms with Crippen LogP contribution in [-0.2, 0) is 11.2 Å². The lowest BCUT2D eigenvalue weighted by Gasteiger charge is -2.25. The van der Waals surface area contributed by atoms with E-state index >= 15 is 0 Å². The lowest BCUT2D eigenvalue weighted by molar-refractivity contribution is -0.133. The number of benzene rings is 1. The van der Waals surface area contributed by atoms with Gasteiger partial charge in [0.05, 0.1) is 13.2 Å². The molecule has 2 rings (SSSR count). The Morgan fingerprint density at radius 1 is 1.37 bits per heavy atom. The highest BCUT2D eigenvalue weighted by Crippen LogP contribution is 2.22. The Kier molecular flexibility index (Phi) is 10.2. The van der Waals surface area contributed by atoms with Gasteiger partial charge in [-0.3, -0.25) is 14.7 Å². The number of halogens is 1. The molecule has 1 amide bonds. The minimum atomic E-state index is 0.0320. The summed E-state index contributed by atoms with van der Waals surface area (Å²) in [6, 6.07) is 5.79. The zero-order chi connectivity index (χ0) is 21.9. The largest absolute Gasteiger partial charge is 0.497 e. The first-order valence-electron chi connectivity index (χ1n) is 10.8. The van der Waals surface area contributed by atoms with Crippen molar-refractivity contribution in [2.24, 2.45) is 4.99 Å². The van der Waals surface area contributed by atoms with Crippen LogP contribution in [0.1, 0.15) is 31.7 Å². The molecule has 168 valence electrons. The number of carbonyl (C=O) groups excluding carboxylic acids is 1. The van der Waals surface area contributed by atoms with Gasteiger partial charge in [0.2, 0.25) is 5.91 Å². The highest BCUT2D eigenvalue weighted by atomic mass is 35.5. The molecule has 1 heterocycles. The van der Waals surface area contributed by atoms with E-state index in [-0.39, 0.29) is 11.9 Å². The smallest absolute Gasteiger partial charge is 0.239 e. The van der Waals surface area contributed by atoms with Crippen molar-refractivity contribution in [2.75, 3.05) is 53.9 Å². The van der Waals surface area contributed by atoms with E-state index in [0.29, 0.717) is 5.02 Å². The van der Waals surface area contributed by atoms with Gasteiger partial charge in [-0.05, 0) is 56.8 Å². The van der Waals surface area contributed by atoms with Crippen LogP contribution in [0.3, 0.4) is 0 Å². The molecule has 30 heavy (non-hydrogen) atoms. The Morgan fingerprint density at radius 3 is 2.83 bits per heavy atom. The second kappa shape index (κ2) is 12.6. The summed E-state index contributed by atoms with van der Waals surface area (Å²) in [6.07, 6.45) is 3.78. The van der Waals surface area contributed by atoms with Crippen LogP contribution in [0, 0.1) is 0 Å². The predicted molar refractivity (Wildman–Crippen MR) is 124 cm³/mol. The summed E-state index contributed by atoms with van der Waals surface area (Å²) in [5.74, 6) is 1.78. The van der Waals surface area contributed by atoms with E-state index < -0.39 is 0 Å². The van der Waals surface area contributed by atoms with Crippen molar-refractivity contribution in [1.82, 2.24) is 20.4 Å². The first-order chi connectivity index (χ1) is 14.5. The number of carbonyl (C=O) groups is 1. The topological polar surface area (TPSA) is 69.2 Å². The van der Waals surface area contributed by atoms with Gasteiger partial charge < -0.3 is 20.3 Å². The minimum Gasteiger partial charge on any atom is -0.497 e. The minimum absolute atomic E-state index is 0.0320. The Labute approximate surface area is 185 Å². The summed E-state index contributed by atoms with van der Waals surface area (Å²) in [6.45, 7) is 6.21. The van der Waals surface area contributed by atoms with Crippen molar-refractivity contribution in [2.45, 2.75) is 38.6 Å². The number of guanidine groups is 1. The second-order valence-corrected chi connectivity index (χ2v) is 8.08. The van der Waals surface area contributed by atoms with E-state index in [4.69, 9.17) is 16.3 Å². The number of amides is 1. The molecule has 0 aliphatic carbocycles. The van der Waals surface area contributed by atoms with E-state index in [2.05, 4.69) is 27.4 Å². The van der Waals surface area contributed by atoms with Crippen LogP contribution in [0.15, 0.2) is 23.2 Å². The summed E-state index contributed by atoms with van der Waals surface area (Å²) in [5, 5.41) is 7.37. The molecule has 1 saturated heterocycles. The average Bonchev–Trinajstić information content (AvgIpc) is 3.19. The number of hydrogen-bond acceptors (Lipinski definition) is 4. The van der Waals surface area contributed by atoms with Gasteiger partial charge in [-0.2, -0.15) is 0 Å². The number of methoxy groups -OCH3 is 1. The lowest BCUT2D eigenvalue weighted by atomic mass is 10.1. The van der Waals surface area contributed by atoms with Gasteiger partial charge in [0.1, 0.15) is 5.75 Å². The normalized spacial score (nSPS) is 17.1. The average molecular weight is 438 g/mol. The zero-order valence-electron chi connectivity index (χ0n) is 18.7. The summed E-state index contributed by atoms with van der Waals surface area (Å²) in [4.78, 5) is 21.0. The number of hydrogen-bond donors (Lipinski definition) is 2. The maximum Gasteiger partial charge on any atom is 0.239 e. The third kappa shape index (κ3) is 7.36. The third-order valence-electron chi connectivity index (χ3n) is 5.25. The maximum absolute atomic E-state index is 12.3. The molecule has 1 aromatic rings. The maximum atomic E-state index is 12.3. The molecule has 1 aliphatic heterocycles. The molecule has 0 radical (unpaired) electrons. The summed E-state index contributed by atoms with van der Waals surface area (Å²) >= 11 is 6.32. The summed E-state index contributed by atoms with van der Waals surface area (Å²) in [5.41, 5.74) is 1.08. The standard InChI is InChI=1S/C22H36ClN5O2/c1-5-24-22(26-13-11-17-9-10-18(30-4)16-19(17)23)25-12-7-15-28-14-6-8-20(28)21(29)27(2)3/h9-10,16,20H,5-8,11-15H2,1-4H3,(H2,24,25,26). The third-order valence-corrected chi connectivity index (χ3v) is 5.61. The number of rotatable bonds is 10. The van der Waals surface area contributed by atoms with E-state index in [0.717, 1.165) is 75.7 Å². The van der Waals surface area contributed by atoms with Crippen molar-refractivity contribution in [1.29, 1.82) is 0 Å². The van der Waals surface area contributed by atoms with Gasteiger partial charge in [0.25, 0.3) is 0 Å². The number of likely N-dealkylation sites (N-methyl/N-ethyl adjacent to an activating group) is 1. The molecule has 0 bridgehead atoms. The van der Waals surface area contributed by atoms with Crippen LogP contribution >= 0.6 is 11.6 Å². The Hall–Kier alpha value is -1.99. The first-order valence-corrected chi connectivity index (χ1v) is 11.1. The SMILES string of the molecule is CCNC(=NCCCN1CCCC1C(=O)N(C)C)NCCc1ccc(OC)cc1Cl. The number of likely N-dealkylation sites (tertiary alicyclic amines) is 1. The van der Waals surface area contributed by atoms with Crippen LogP contribution in [0.25, 0.3) is 0 Å². The molecular weight excluding hydrogens is 402 g/mol. The number of nitrogens with zero attached hydrogens (tertiary/aromatic N) is 3. The molecular formula is C22H36ClN5O2. The van der Waals surface area contributed by atoms with Gasteiger partial charge in [-0.15, -0.1) is 0 Å². The first kappa shape index (κ1) is 24.3. The van der Waals surface area contributed by atoms with Crippen molar-refractivity contribution < 1.29 is 9.53 Å². The quantitative estimate of drug-likeness (QED) is 0.334. The fourth-order valence-electron chi connectivity index (χ4n) is 3.65. The molecule has 0 aromatic heterocycles. The Balaban J connectivity index is 1.78. The molecule has 1 fully saturated rings. The highest BCUT2D eigenvalue weighted by Gasteiger charge is 2.30. The van der Waals surface area contributed by atoms with Gasteiger partial charge >= 0.3 is 0 Å². The van der Waals surface area contributed by atoms with Crippen LogP contribution in [0.2, 0.25) is 5.02 Å². The Bertz CT molecular complexity index is 711. The van der Waals surface area contributed by atoms with Gasteiger partial charge in [0, 0.05) is 45.3 Å². The van der Waals surface area contributed by atoms with Crippen molar-refractivity contribution in [3.63, 3.8) is 0 Å².